The molecule has 0 bridgehead atoms. The van der Waals surface area contributed by atoms with Crippen LogP contribution in [0.3, 0.4) is 0 Å². The number of hydrogen-bond donors (Lipinski definition) is 0. The molecule has 0 aromatic heterocycles. The Morgan fingerprint density at radius 2 is 1.87 bits per heavy atom. The number of rotatable bonds is 2. The van der Waals surface area contributed by atoms with Gasteiger partial charge in [0.2, 0.25) is 0 Å². The standard InChI is InChI=1S/C13H17ClO/c1-9-12(7-8-13(9)14)10-3-5-11(15-2)6-4-10/h3-6,9,12-13H,7-8H2,1-2H3. The Balaban J connectivity index is 2.16. The summed E-state index contributed by atoms with van der Waals surface area (Å²) >= 11 is 6.24. The Labute approximate surface area is 96.4 Å². The molecular weight excluding hydrogens is 208 g/mol. The van der Waals surface area contributed by atoms with Crippen molar-refractivity contribution in [1.29, 1.82) is 0 Å². The molecule has 0 heterocycles. The van der Waals surface area contributed by atoms with Crippen molar-refractivity contribution in [2.24, 2.45) is 5.92 Å². The summed E-state index contributed by atoms with van der Waals surface area (Å²) in [5.41, 5.74) is 1.39. The summed E-state index contributed by atoms with van der Waals surface area (Å²) in [5.74, 6) is 2.13. The number of halogens is 1. The fourth-order valence-electron chi connectivity index (χ4n) is 2.44. The topological polar surface area (TPSA) is 9.23 Å². The van der Waals surface area contributed by atoms with Gasteiger partial charge in [0.25, 0.3) is 0 Å². The molecular formula is C13H17ClO. The van der Waals surface area contributed by atoms with Crippen molar-refractivity contribution in [1.82, 2.24) is 0 Å². The average Bonchev–Trinajstić information content (AvgIpc) is 2.60. The molecule has 82 valence electrons. The summed E-state index contributed by atoms with van der Waals surface area (Å²) in [6.07, 6.45) is 2.35. The zero-order chi connectivity index (χ0) is 10.8. The molecule has 0 saturated heterocycles. The molecule has 1 aliphatic carbocycles. The molecule has 2 heteroatoms. The summed E-state index contributed by atoms with van der Waals surface area (Å²) in [4.78, 5) is 0. The van der Waals surface area contributed by atoms with E-state index < -0.39 is 0 Å². The van der Waals surface area contributed by atoms with Gasteiger partial charge in [-0.3, -0.25) is 0 Å². The lowest BCUT2D eigenvalue weighted by Crippen LogP contribution is -2.09. The number of hydrogen-bond acceptors (Lipinski definition) is 1. The molecule has 0 spiro atoms. The van der Waals surface area contributed by atoms with E-state index in [1.54, 1.807) is 7.11 Å². The maximum Gasteiger partial charge on any atom is 0.118 e. The third kappa shape index (κ3) is 2.12. The van der Waals surface area contributed by atoms with Crippen LogP contribution >= 0.6 is 11.6 Å². The van der Waals surface area contributed by atoms with Gasteiger partial charge in [-0.15, -0.1) is 11.6 Å². The van der Waals surface area contributed by atoms with E-state index in [1.807, 2.05) is 12.1 Å². The molecule has 0 N–H and O–H groups in total. The van der Waals surface area contributed by atoms with E-state index in [1.165, 1.54) is 12.0 Å². The Hall–Kier alpha value is -0.690. The first-order valence-corrected chi connectivity index (χ1v) is 5.94. The van der Waals surface area contributed by atoms with Gasteiger partial charge in [0.05, 0.1) is 7.11 Å². The number of alkyl halides is 1. The van der Waals surface area contributed by atoms with Crippen molar-refractivity contribution in [3.63, 3.8) is 0 Å². The second kappa shape index (κ2) is 4.44. The van der Waals surface area contributed by atoms with Crippen molar-refractivity contribution < 1.29 is 4.74 Å². The third-order valence-electron chi connectivity index (χ3n) is 3.50. The first-order chi connectivity index (χ1) is 7.22. The van der Waals surface area contributed by atoms with Gasteiger partial charge in [-0.05, 0) is 42.4 Å². The second-order valence-electron chi connectivity index (χ2n) is 4.33. The molecule has 0 aliphatic heterocycles. The smallest absolute Gasteiger partial charge is 0.118 e. The summed E-state index contributed by atoms with van der Waals surface area (Å²) < 4.78 is 5.15. The lowest BCUT2D eigenvalue weighted by atomic mass is 9.90. The van der Waals surface area contributed by atoms with Gasteiger partial charge >= 0.3 is 0 Å². The van der Waals surface area contributed by atoms with Crippen LogP contribution in [-0.4, -0.2) is 12.5 Å². The molecule has 1 aromatic carbocycles. The van der Waals surface area contributed by atoms with Crippen LogP contribution in [0.15, 0.2) is 24.3 Å². The third-order valence-corrected chi connectivity index (χ3v) is 4.12. The predicted octanol–water partition coefficient (Wildman–Crippen LogP) is 3.82. The highest BCUT2D eigenvalue weighted by atomic mass is 35.5. The van der Waals surface area contributed by atoms with Gasteiger partial charge < -0.3 is 4.74 Å². The fourth-order valence-corrected chi connectivity index (χ4v) is 2.74. The maximum atomic E-state index is 6.24. The van der Waals surface area contributed by atoms with Crippen molar-refractivity contribution in [2.75, 3.05) is 7.11 Å². The van der Waals surface area contributed by atoms with E-state index in [0.717, 1.165) is 12.2 Å². The van der Waals surface area contributed by atoms with Gasteiger partial charge in [0.1, 0.15) is 5.75 Å². The van der Waals surface area contributed by atoms with Crippen LogP contribution in [0.4, 0.5) is 0 Å². The van der Waals surface area contributed by atoms with Crippen LogP contribution in [0, 0.1) is 5.92 Å². The lowest BCUT2D eigenvalue weighted by molar-refractivity contribution is 0.414. The summed E-state index contributed by atoms with van der Waals surface area (Å²) in [5, 5.41) is 0.345. The Kier molecular flexibility index (Phi) is 3.20. The Bertz CT molecular complexity index is 320. The van der Waals surface area contributed by atoms with Crippen molar-refractivity contribution in [3.8, 4) is 5.75 Å². The van der Waals surface area contributed by atoms with Gasteiger partial charge in [0.15, 0.2) is 0 Å². The minimum atomic E-state index is 0.345. The number of ether oxygens (including phenoxy) is 1. The first kappa shape index (κ1) is 10.8. The molecule has 0 radical (unpaired) electrons. The van der Waals surface area contributed by atoms with Crippen LogP contribution < -0.4 is 4.74 Å². The largest absolute Gasteiger partial charge is 0.497 e. The predicted molar refractivity (Wildman–Crippen MR) is 63.8 cm³/mol. The summed E-state index contributed by atoms with van der Waals surface area (Å²) in [6.45, 7) is 2.25. The summed E-state index contributed by atoms with van der Waals surface area (Å²) in [6, 6.07) is 8.39. The van der Waals surface area contributed by atoms with Crippen LogP contribution in [0.25, 0.3) is 0 Å². The molecule has 1 fully saturated rings. The SMILES string of the molecule is COc1ccc(C2CCC(Cl)C2C)cc1. The van der Waals surface area contributed by atoms with Crippen molar-refractivity contribution >= 4 is 11.6 Å². The minimum absolute atomic E-state index is 0.345. The molecule has 1 aromatic rings. The molecule has 2 rings (SSSR count). The van der Waals surface area contributed by atoms with E-state index in [2.05, 4.69) is 19.1 Å². The average molecular weight is 225 g/mol. The van der Waals surface area contributed by atoms with Gasteiger partial charge in [-0.25, -0.2) is 0 Å². The first-order valence-electron chi connectivity index (χ1n) is 5.50. The van der Waals surface area contributed by atoms with E-state index in [-0.39, 0.29) is 0 Å². The van der Waals surface area contributed by atoms with Crippen molar-refractivity contribution in [3.05, 3.63) is 29.8 Å². The van der Waals surface area contributed by atoms with E-state index in [4.69, 9.17) is 16.3 Å². The quantitative estimate of drug-likeness (QED) is 0.694. The van der Waals surface area contributed by atoms with Crippen molar-refractivity contribution in [2.45, 2.75) is 31.1 Å². The Morgan fingerprint density at radius 1 is 1.20 bits per heavy atom. The summed E-state index contributed by atoms with van der Waals surface area (Å²) in [7, 11) is 1.70. The van der Waals surface area contributed by atoms with Gasteiger partial charge in [-0.1, -0.05) is 19.1 Å². The maximum absolute atomic E-state index is 6.24. The lowest BCUT2D eigenvalue weighted by Gasteiger charge is -2.17. The highest BCUT2D eigenvalue weighted by Crippen LogP contribution is 2.42. The fraction of sp³-hybridized carbons (Fsp3) is 0.538. The van der Waals surface area contributed by atoms with Gasteiger partial charge in [0, 0.05) is 5.38 Å². The molecule has 15 heavy (non-hydrogen) atoms. The number of methoxy groups -OCH3 is 1. The molecule has 1 nitrogen and oxygen atoms in total. The molecule has 1 saturated carbocycles. The zero-order valence-electron chi connectivity index (χ0n) is 9.24. The second-order valence-corrected chi connectivity index (χ2v) is 4.89. The molecule has 1 aliphatic rings. The molecule has 3 atom stereocenters. The molecule has 0 amide bonds. The van der Waals surface area contributed by atoms with E-state index in [9.17, 15) is 0 Å². The van der Waals surface area contributed by atoms with E-state index >= 15 is 0 Å². The monoisotopic (exact) mass is 224 g/mol. The van der Waals surface area contributed by atoms with Crippen LogP contribution in [0.5, 0.6) is 5.75 Å². The Morgan fingerprint density at radius 3 is 2.33 bits per heavy atom. The zero-order valence-corrected chi connectivity index (χ0v) is 10.00. The van der Waals surface area contributed by atoms with E-state index in [0.29, 0.717) is 17.2 Å². The van der Waals surface area contributed by atoms with Crippen LogP contribution in [0.1, 0.15) is 31.2 Å². The van der Waals surface area contributed by atoms with Crippen LogP contribution in [-0.2, 0) is 0 Å². The minimum Gasteiger partial charge on any atom is -0.497 e. The number of benzene rings is 1. The highest BCUT2D eigenvalue weighted by molar-refractivity contribution is 6.21. The van der Waals surface area contributed by atoms with Gasteiger partial charge in [-0.2, -0.15) is 0 Å². The van der Waals surface area contributed by atoms with Crippen LogP contribution in [0.2, 0.25) is 0 Å². The molecule has 3 unspecified atom stereocenters. The highest BCUT2D eigenvalue weighted by Gasteiger charge is 2.32. The normalized spacial score (nSPS) is 30.5.